The Kier molecular flexibility index (Phi) is 12.7. The van der Waals surface area contributed by atoms with Crippen LogP contribution in [0.5, 0.6) is 5.75 Å². The number of nitrogens with one attached hydrogen (secondary N) is 1. The Hall–Kier alpha value is -2.70. The van der Waals surface area contributed by atoms with Crippen molar-refractivity contribution in [1.82, 2.24) is 5.32 Å². The van der Waals surface area contributed by atoms with Gasteiger partial charge in [-0.15, -0.1) is 0 Å². The van der Waals surface area contributed by atoms with Gasteiger partial charge >= 0.3 is 12.1 Å². The fourth-order valence-electron chi connectivity index (χ4n) is 2.58. The minimum absolute atomic E-state index is 0.143. The second-order valence-corrected chi connectivity index (χ2v) is 10.3. The standard InChI is InChI=1S/C23H35NO10S/c1-5-6-13-31-22(28)34-19-11-8-7-10-18(19)15-32-21(27)20(26)23(3,4)16-33-35(29,30)14-9-12-24-17(2)25/h7-8,10-11,20,26H,5-6,9,12-16H2,1-4H3,(H,24,25)/t20-/m0/s1. The molecule has 0 aromatic heterocycles. The van der Waals surface area contributed by atoms with Gasteiger partial charge in [-0.05, 0) is 18.9 Å². The van der Waals surface area contributed by atoms with Crippen LogP contribution in [0.2, 0.25) is 0 Å². The molecule has 1 atom stereocenters. The van der Waals surface area contributed by atoms with E-state index in [1.54, 1.807) is 18.2 Å². The first-order valence-corrected chi connectivity index (χ1v) is 12.8. The van der Waals surface area contributed by atoms with Gasteiger partial charge in [0.15, 0.2) is 6.10 Å². The van der Waals surface area contributed by atoms with Crippen molar-refractivity contribution in [3.05, 3.63) is 29.8 Å². The van der Waals surface area contributed by atoms with E-state index in [2.05, 4.69) is 5.32 Å². The van der Waals surface area contributed by atoms with Crippen molar-refractivity contribution >= 4 is 28.1 Å². The van der Waals surface area contributed by atoms with Crippen LogP contribution in [0.25, 0.3) is 0 Å². The molecule has 2 N–H and O–H groups in total. The average Bonchev–Trinajstić information content (AvgIpc) is 2.79. The molecule has 0 aliphatic rings. The first-order valence-electron chi connectivity index (χ1n) is 11.3. The molecule has 198 valence electrons. The monoisotopic (exact) mass is 517 g/mol. The summed E-state index contributed by atoms with van der Waals surface area (Å²) in [4.78, 5) is 35.1. The highest BCUT2D eigenvalue weighted by atomic mass is 32.2. The largest absolute Gasteiger partial charge is 0.513 e. The van der Waals surface area contributed by atoms with E-state index in [-0.39, 0.29) is 43.6 Å². The van der Waals surface area contributed by atoms with Crippen molar-refractivity contribution in [2.24, 2.45) is 5.41 Å². The predicted molar refractivity (Wildman–Crippen MR) is 126 cm³/mol. The molecule has 0 radical (unpaired) electrons. The lowest BCUT2D eigenvalue weighted by molar-refractivity contribution is -0.162. The van der Waals surface area contributed by atoms with Crippen molar-refractivity contribution < 1.29 is 46.3 Å². The van der Waals surface area contributed by atoms with Crippen LogP contribution in [0.3, 0.4) is 0 Å². The summed E-state index contributed by atoms with van der Waals surface area (Å²) in [6.45, 7) is 5.82. The molecule has 35 heavy (non-hydrogen) atoms. The van der Waals surface area contributed by atoms with E-state index in [9.17, 15) is 27.9 Å². The van der Waals surface area contributed by atoms with Gasteiger partial charge in [-0.2, -0.15) is 8.42 Å². The van der Waals surface area contributed by atoms with Gasteiger partial charge in [0.2, 0.25) is 5.91 Å². The molecular formula is C23H35NO10S. The molecule has 1 rings (SSSR count). The fraction of sp³-hybridized carbons (Fsp3) is 0.609. The Morgan fingerprint density at radius 1 is 1.11 bits per heavy atom. The van der Waals surface area contributed by atoms with Crippen molar-refractivity contribution in [2.45, 2.75) is 59.7 Å². The zero-order valence-corrected chi connectivity index (χ0v) is 21.4. The van der Waals surface area contributed by atoms with Gasteiger partial charge in [0.05, 0.1) is 19.0 Å². The second kappa shape index (κ2) is 14.6. The molecule has 0 unspecified atom stereocenters. The number of aliphatic hydroxyl groups excluding tert-OH is 1. The number of ether oxygens (including phenoxy) is 3. The SMILES string of the molecule is CCCCOC(=O)Oc1ccccc1COC(=O)[C@H](O)C(C)(C)COS(=O)(=O)CCCNC(C)=O. The number of aliphatic hydroxyl groups is 1. The summed E-state index contributed by atoms with van der Waals surface area (Å²) in [6.07, 6.45) is -0.864. The van der Waals surface area contributed by atoms with Crippen LogP contribution in [0, 0.1) is 5.41 Å². The van der Waals surface area contributed by atoms with Crippen molar-refractivity contribution in [3.63, 3.8) is 0 Å². The minimum Gasteiger partial charge on any atom is -0.459 e. The van der Waals surface area contributed by atoms with Crippen LogP contribution in [0.15, 0.2) is 24.3 Å². The Labute approximate surface area is 206 Å². The number of rotatable bonds is 15. The Morgan fingerprint density at radius 2 is 1.80 bits per heavy atom. The van der Waals surface area contributed by atoms with E-state index in [1.165, 1.54) is 26.8 Å². The van der Waals surface area contributed by atoms with E-state index in [0.717, 1.165) is 6.42 Å². The maximum absolute atomic E-state index is 12.4. The summed E-state index contributed by atoms with van der Waals surface area (Å²) in [5.74, 6) is -1.46. The molecule has 0 aliphatic carbocycles. The third-order valence-electron chi connectivity index (χ3n) is 4.77. The van der Waals surface area contributed by atoms with Crippen LogP contribution in [0.1, 0.15) is 52.5 Å². The molecule has 12 heteroatoms. The van der Waals surface area contributed by atoms with E-state index < -0.39 is 40.4 Å². The minimum atomic E-state index is -3.93. The molecule has 11 nitrogen and oxygen atoms in total. The first kappa shape index (κ1) is 30.3. The highest BCUT2D eigenvalue weighted by Gasteiger charge is 2.36. The Balaban J connectivity index is 2.61. The molecule has 0 saturated heterocycles. The molecule has 0 heterocycles. The van der Waals surface area contributed by atoms with E-state index in [0.29, 0.717) is 12.0 Å². The Morgan fingerprint density at radius 3 is 2.46 bits per heavy atom. The van der Waals surface area contributed by atoms with Crippen molar-refractivity contribution in [3.8, 4) is 5.75 Å². The van der Waals surface area contributed by atoms with Gasteiger partial charge in [0.25, 0.3) is 10.1 Å². The van der Waals surface area contributed by atoms with Crippen LogP contribution in [0.4, 0.5) is 4.79 Å². The maximum Gasteiger partial charge on any atom is 0.513 e. The summed E-state index contributed by atoms with van der Waals surface area (Å²) in [5, 5.41) is 12.9. The molecule has 1 amide bonds. The molecule has 0 spiro atoms. The lowest BCUT2D eigenvalue weighted by Crippen LogP contribution is -2.41. The number of para-hydroxylation sites is 1. The highest BCUT2D eigenvalue weighted by Crippen LogP contribution is 2.25. The summed E-state index contributed by atoms with van der Waals surface area (Å²) in [7, 11) is -3.93. The molecule has 1 aromatic rings. The lowest BCUT2D eigenvalue weighted by Gasteiger charge is -2.28. The van der Waals surface area contributed by atoms with Gasteiger partial charge in [0, 0.05) is 24.4 Å². The van der Waals surface area contributed by atoms with E-state index in [1.807, 2.05) is 6.92 Å². The lowest BCUT2D eigenvalue weighted by atomic mass is 9.88. The number of amides is 1. The fourth-order valence-corrected chi connectivity index (χ4v) is 3.68. The molecule has 0 fully saturated rings. The number of carbonyl (C=O) groups excluding carboxylic acids is 3. The zero-order chi connectivity index (χ0) is 26.5. The van der Waals surface area contributed by atoms with Crippen LogP contribution in [-0.2, 0) is 40.0 Å². The predicted octanol–water partition coefficient (Wildman–Crippen LogP) is 2.30. The van der Waals surface area contributed by atoms with Crippen LogP contribution in [-0.4, -0.2) is 63.2 Å². The summed E-state index contributed by atoms with van der Waals surface area (Å²) in [6, 6.07) is 6.38. The number of hydrogen-bond acceptors (Lipinski definition) is 10. The zero-order valence-electron chi connectivity index (χ0n) is 20.6. The Bertz CT molecular complexity index is 945. The molecule has 0 aliphatic heterocycles. The van der Waals surface area contributed by atoms with Crippen LogP contribution >= 0.6 is 0 Å². The van der Waals surface area contributed by atoms with Gasteiger partial charge in [-0.3, -0.25) is 8.98 Å². The maximum atomic E-state index is 12.4. The van der Waals surface area contributed by atoms with Gasteiger partial charge in [0.1, 0.15) is 12.4 Å². The number of benzene rings is 1. The highest BCUT2D eigenvalue weighted by molar-refractivity contribution is 7.86. The quantitative estimate of drug-likeness (QED) is 0.153. The van der Waals surface area contributed by atoms with Gasteiger partial charge in [-0.1, -0.05) is 45.4 Å². The third-order valence-corrected chi connectivity index (χ3v) is 6.04. The molecule has 0 bridgehead atoms. The average molecular weight is 518 g/mol. The molecule has 1 aromatic carbocycles. The summed E-state index contributed by atoms with van der Waals surface area (Å²) >= 11 is 0. The summed E-state index contributed by atoms with van der Waals surface area (Å²) in [5.41, 5.74) is -0.919. The van der Waals surface area contributed by atoms with E-state index >= 15 is 0 Å². The second-order valence-electron chi connectivity index (χ2n) is 8.52. The third kappa shape index (κ3) is 12.0. The molecule has 0 saturated carbocycles. The van der Waals surface area contributed by atoms with Crippen LogP contribution < -0.4 is 10.1 Å². The van der Waals surface area contributed by atoms with Crippen molar-refractivity contribution in [1.29, 1.82) is 0 Å². The number of carbonyl (C=O) groups is 3. The van der Waals surface area contributed by atoms with Gasteiger partial charge in [-0.25, -0.2) is 9.59 Å². The van der Waals surface area contributed by atoms with E-state index in [4.69, 9.17) is 18.4 Å². The first-order chi connectivity index (χ1) is 16.4. The topological polar surface area (TPSA) is 155 Å². The summed E-state index contributed by atoms with van der Waals surface area (Å²) < 4.78 is 44.3. The smallest absolute Gasteiger partial charge is 0.459 e. The molecular weight excluding hydrogens is 482 g/mol. The number of hydrogen-bond donors (Lipinski definition) is 2. The normalized spacial score (nSPS) is 12.5. The van der Waals surface area contributed by atoms with Gasteiger partial charge < -0.3 is 24.6 Å². The van der Waals surface area contributed by atoms with Crippen molar-refractivity contribution in [2.75, 3.05) is 25.5 Å². The number of esters is 1. The number of unbranched alkanes of at least 4 members (excludes halogenated alkanes) is 1.